The molecular weight excluding hydrogens is 244 g/mol. The lowest BCUT2D eigenvalue weighted by atomic mass is 9.52. The summed E-state index contributed by atoms with van der Waals surface area (Å²) in [6, 6.07) is 0. The summed E-state index contributed by atoms with van der Waals surface area (Å²) in [5.41, 5.74) is 6.52. The van der Waals surface area contributed by atoms with E-state index in [-0.39, 0.29) is 0 Å². The van der Waals surface area contributed by atoms with E-state index in [4.69, 9.17) is 10.5 Å². The second-order valence-electron chi connectivity index (χ2n) is 6.48. The summed E-state index contributed by atoms with van der Waals surface area (Å²) in [7, 11) is 0. The van der Waals surface area contributed by atoms with Crippen molar-refractivity contribution in [2.75, 3.05) is 12.3 Å². The second-order valence-corrected chi connectivity index (χ2v) is 7.11. The first-order chi connectivity index (χ1) is 8.79. The number of nitrogen functional groups attached to an aromatic ring is 1. The summed E-state index contributed by atoms with van der Waals surface area (Å²) in [5, 5.41) is 1.85. The number of rotatable bonds is 3. The smallest absolute Gasteiger partial charge is 0.248 e. The molecule has 3 nitrogen and oxygen atoms in total. The van der Waals surface area contributed by atoms with E-state index in [9.17, 15) is 0 Å². The first-order valence-electron chi connectivity index (χ1n) is 7.12. The van der Waals surface area contributed by atoms with Crippen LogP contribution in [-0.2, 0) is 0 Å². The van der Waals surface area contributed by atoms with Gasteiger partial charge in [0.25, 0.3) is 0 Å². The predicted molar refractivity (Wildman–Crippen MR) is 72.6 cm³/mol. The molecule has 1 aromatic heterocycles. The SMILES string of the molecule is Nc1csnc1OCC1C2CC3CC(C2)CC1C3. The van der Waals surface area contributed by atoms with Gasteiger partial charge in [-0.05, 0) is 73.2 Å². The minimum atomic E-state index is 0.661. The lowest BCUT2D eigenvalue weighted by Gasteiger charge is -2.54. The van der Waals surface area contributed by atoms with E-state index >= 15 is 0 Å². The van der Waals surface area contributed by atoms with Crippen molar-refractivity contribution in [2.24, 2.45) is 29.6 Å². The van der Waals surface area contributed by atoms with Crippen LogP contribution in [-0.4, -0.2) is 11.0 Å². The molecular formula is C14H20N2OS. The van der Waals surface area contributed by atoms with Crippen LogP contribution in [0.3, 0.4) is 0 Å². The summed E-state index contributed by atoms with van der Waals surface area (Å²) < 4.78 is 10.1. The molecule has 0 saturated heterocycles. The van der Waals surface area contributed by atoms with Crippen molar-refractivity contribution in [1.29, 1.82) is 0 Å². The Hall–Kier alpha value is -0.770. The number of anilines is 1. The third-order valence-electron chi connectivity index (χ3n) is 5.40. The van der Waals surface area contributed by atoms with Gasteiger partial charge in [0.15, 0.2) is 0 Å². The Kier molecular flexibility index (Phi) is 2.54. The number of hydrogen-bond donors (Lipinski definition) is 1. The van der Waals surface area contributed by atoms with Crippen LogP contribution < -0.4 is 10.5 Å². The summed E-state index contributed by atoms with van der Waals surface area (Å²) in [6.07, 6.45) is 7.32. The normalized spacial score (nSPS) is 41.2. The molecule has 0 aromatic carbocycles. The topological polar surface area (TPSA) is 48.1 Å². The maximum Gasteiger partial charge on any atom is 0.248 e. The minimum absolute atomic E-state index is 0.661. The molecule has 2 N–H and O–H groups in total. The Bertz CT molecular complexity index is 417. The van der Waals surface area contributed by atoms with Gasteiger partial charge in [0.1, 0.15) is 5.69 Å². The predicted octanol–water partition coefficient (Wildman–Crippen LogP) is 3.18. The quantitative estimate of drug-likeness (QED) is 0.912. The van der Waals surface area contributed by atoms with Gasteiger partial charge >= 0.3 is 0 Å². The Morgan fingerprint density at radius 1 is 1.17 bits per heavy atom. The molecule has 4 heteroatoms. The van der Waals surface area contributed by atoms with Gasteiger partial charge < -0.3 is 10.5 Å². The highest BCUT2D eigenvalue weighted by molar-refractivity contribution is 7.04. The zero-order valence-electron chi connectivity index (χ0n) is 10.5. The Balaban J connectivity index is 1.45. The second kappa shape index (κ2) is 4.12. The highest BCUT2D eigenvalue weighted by atomic mass is 32.1. The van der Waals surface area contributed by atoms with Crippen molar-refractivity contribution in [2.45, 2.75) is 32.1 Å². The monoisotopic (exact) mass is 264 g/mol. The first-order valence-corrected chi connectivity index (χ1v) is 7.96. The van der Waals surface area contributed by atoms with Gasteiger partial charge in [0.05, 0.1) is 6.61 Å². The molecule has 5 rings (SSSR count). The molecule has 98 valence electrons. The molecule has 0 spiro atoms. The van der Waals surface area contributed by atoms with Crippen LogP contribution in [0, 0.1) is 29.6 Å². The van der Waals surface area contributed by atoms with Crippen LogP contribution >= 0.6 is 11.5 Å². The van der Waals surface area contributed by atoms with Gasteiger partial charge in [0.2, 0.25) is 5.88 Å². The standard InChI is InChI=1S/C14H20N2OS/c15-13-7-18-16-14(13)17-6-12-10-2-8-1-9(4-10)5-11(12)3-8/h7-12H,1-6,15H2. The van der Waals surface area contributed by atoms with Crippen molar-refractivity contribution in [3.05, 3.63) is 5.38 Å². The van der Waals surface area contributed by atoms with Crippen molar-refractivity contribution in [3.8, 4) is 5.88 Å². The fraction of sp³-hybridized carbons (Fsp3) is 0.786. The molecule has 4 bridgehead atoms. The fourth-order valence-corrected chi connectivity index (χ4v) is 5.35. The van der Waals surface area contributed by atoms with Crippen molar-refractivity contribution in [1.82, 2.24) is 4.37 Å². The summed E-state index contributed by atoms with van der Waals surface area (Å²) in [4.78, 5) is 0. The maximum atomic E-state index is 5.88. The molecule has 0 unspecified atom stereocenters. The van der Waals surface area contributed by atoms with E-state index in [0.29, 0.717) is 11.6 Å². The number of aromatic nitrogens is 1. The van der Waals surface area contributed by atoms with E-state index in [1.165, 1.54) is 43.6 Å². The molecule has 1 aromatic rings. The molecule has 4 saturated carbocycles. The van der Waals surface area contributed by atoms with Crippen LogP contribution in [0.15, 0.2) is 5.38 Å². The molecule has 4 aliphatic carbocycles. The minimum Gasteiger partial charge on any atom is -0.475 e. The van der Waals surface area contributed by atoms with E-state index in [1.54, 1.807) is 0 Å². The van der Waals surface area contributed by atoms with Crippen LogP contribution in [0.1, 0.15) is 32.1 Å². The van der Waals surface area contributed by atoms with Gasteiger partial charge in [-0.1, -0.05) is 0 Å². The van der Waals surface area contributed by atoms with Gasteiger partial charge in [0, 0.05) is 5.38 Å². The fourth-order valence-electron chi connectivity index (χ4n) is 4.83. The number of nitrogens with two attached hydrogens (primary N) is 1. The highest BCUT2D eigenvalue weighted by Gasteiger charge is 2.48. The van der Waals surface area contributed by atoms with Crippen LogP contribution in [0.2, 0.25) is 0 Å². The van der Waals surface area contributed by atoms with E-state index in [0.717, 1.165) is 36.2 Å². The first kappa shape index (κ1) is 11.1. The highest BCUT2D eigenvalue weighted by Crippen LogP contribution is 2.56. The van der Waals surface area contributed by atoms with Crippen molar-refractivity contribution in [3.63, 3.8) is 0 Å². The van der Waals surface area contributed by atoms with Crippen molar-refractivity contribution < 1.29 is 4.74 Å². The zero-order chi connectivity index (χ0) is 12.1. The van der Waals surface area contributed by atoms with Gasteiger partial charge in [-0.25, -0.2) is 0 Å². The Labute approximate surface area is 112 Å². The van der Waals surface area contributed by atoms with E-state index in [1.807, 2.05) is 5.38 Å². The average molecular weight is 264 g/mol. The molecule has 0 atom stereocenters. The van der Waals surface area contributed by atoms with Crippen LogP contribution in [0.25, 0.3) is 0 Å². The number of hydrogen-bond acceptors (Lipinski definition) is 4. The Morgan fingerprint density at radius 2 is 1.83 bits per heavy atom. The number of ether oxygens (including phenoxy) is 1. The molecule has 0 radical (unpaired) electrons. The van der Waals surface area contributed by atoms with E-state index < -0.39 is 0 Å². The summed E-state index contributed by atoms with van der Waals surface area (Å²) >= 11 is 1.38. The summed E-state index contributed by atoms with van der Waals surface area (Å²) in [5.74, 6) is 5.33. The van der Waals surface area contributed by atoms with Crippen LogP contribution in [0.4, 0.5) is 5.69 Å². The molecule has 4 aliphatic rings. The largest absolute Gasteiger partial charge is 0.475 e. The van der Waals surface area contributed by atoms with Crippen molar-refractivity contribution >= 4 is 17.2 Å². The maximum absolute atomic E-state index is 5.88. The Morgan fingerprint density at radius 3 is 2.39 bits per heavy atom. The molecule has 18 heavy (non-hydrogen) atoms. The lowest BCUT2D eigenvalue weighted by Crippen LogP contribution is -2.47. The van der Waals surface area contributed by atoms with Gasteiger partial charge in [-0.2, -0.15) is 4.37 Å². The molecule has 0 amide bonds. The van der Waals surface area contributed by atoms with Gasteiger partial charge in [-0.15, -0.1) is 0 Å². The lowest BCUT2D eigenvalue weighted by molar-refractivity contribution is -0.0532. The number of nitrogens with zero attached hydrogens (tertiary/aromatic N) is 1. The average Bonchev–Trinajstić information content (AvgIpc) is 2.73. The van der Waals surface area contributed by atoms with Gasteiger partial charge in [-0.3, -0.25) is 0 Å². The third-order valence-corrected chi connectivity index (χ3v) is 6.03. The zero-order valence-corrected chi connectivity index (χ0v) is 11.4. The third kappa shape index (κ3) is 1.73. The molecule has 4 fully saturated rings. The summed E-state index contributed by atoms with van der Waals surface area (Å²) in [6.45, 7) is 0.836. The van der Waals surface area contributed by atoms with E-state index in [2.05, 4.69) is 4.37 Å². The molecule has 0 aliphatic heterocycles. The molecule has 1 heterocycles. The van der Waals surface area contributed by atoms with Crippen LogP contribution in [0.5, 0.6) is 5.88 Å².